The van der Waals surface area contributed by atoms with E-state index >= 15 is 0 Å². The van der Waals surface area contributed by atoms with Gasteiger partial charge in [-0.2, -0.15) is 0 Å². The highest BCUT2D eigenvalue weighted by Crippen LogP contribution is 2.25. The van der Waals surface area contributed by atoms with Crippen molar-refractivity contribution in [3.63, 3.8) is 0 Å². The smallest absolute Gasteiger partial charge is 0.0261 e. The van der Waals surface area contributed by atoms with Crippen molar-refractivity contribution in [3.8, 4) is 0 Å². The lowest BCUT2D eigenvalue weighted by Crippen LogP contribution is -2.54. The van der Waals surface area contributed by atoms with Gasteiger partial charge in [0.15, 0.2) is 0 Å². The zero-order valence-corrected chi connectivity index (χ0v) is 13.9. The van der Waals surface area contributed by atoms with Gasteiger partial charge in [0.1, 0.15) is 0 Å². The number of hydrogen-bond acceptors (Lipinski definition) is 3. The van der Waals surface area contributed by atoms with Crippen LogP contribution in [-0.4, -0.2) is 61.7 Å². The fourth-order valence-electron chi connectivity index (χ4n) is 4.27. The molecule has 0 spiro atoms. The average molecular weight is 281 g/mol. The van der Waals surface area contributed by atoms with Crippen LogP contribution in [0.2, 0.25) is 0 Å². The monoisotopic (exact) mass is 281 g/mol. The molecular weight excluding hydrogens is 246 g/mol. The molecule has 2 unspecified atom stereocenters. The zero-order valence-electron chi connectivity index (χ0n) is 13.9. The van der Waals surface area contributed by atoms with Crippen LogP contribution in [-0.2, 0) is 0 Å². The number of piperidine rings is 1. The largest absolute Gasteiger partial charge is 0.315 e. The molecule has 2 fully saturated rings. The van der Waals surface area contributed by atoms with E-state index in [4.69, 9.17) is 0 Å². The number of likely N-dealkylation sites (N-methyl/N-ethyl adjacent to an activating group) is 1. The molecule has 20 heavy (non-hydrogen) atoms. The van der Waals surface area contributed by atoms with Crippen LogP contribution in [0, 0.1) is 5.92 Å². The molecule has 1 saturated carbocycles. The Labute approximate surface area is 126 Å². The second kappa shape index (κ2) is 8.35. The molecule has 1 aliphatic carbocycles. The lowest BCUT2D eigenvalue weighted by molar-refractivity contribution is 0.0803. The van der Waals surface area contributed by atoms with Crippen LogP contribution >= 0.6 is 0 Å². The van der Waals surface area contributed by atoms with E-state index in [1.165, 1.54) is 71.2 Å². The van der Waals surface area contributed by atoms with Crippen molar-refractivity contribution in [2.45, 2.75) is 64.5 Å². The maximum absolute atomic E-state index is 3.61. The maximum Gasteiger partial charge on any atom is 0.0261 e. The van der Waals surface area contributed by atoms with Crippen LogP contribution in [0.5, 0.6) is 0 Å². The van der Waals surface area contributed by atoms with Gasteiger partial charge in [-0.15, -0.1) is 0 Å². The number of nitrogens with one attached hydrogen (secondary N) is 1. The molecular formula is C17H35N3. The van der Waals surface area contributed by atoms with Gasteiger partial charge in [-0.25, -0.2) is 0 Å². The summed E-state index contributed by atoms with van der Waals surface area (Å²) in [4.78, 5) is 5.34. The van der Waals surface area contributed by atoms with Crippen LogP contribution < -0.4 is 5.32 Å². The van der Waals surface area contributed by atoms with E-state index < -0.39 is 0 Å². The highest BCUT2D eigenvalue weighted by atomic mass is 15.2. The van der Waals surface area contributed by atoms with Gasteiger partial charge in [-0.05, 0) is 51.9 Å². The quantitative estimate of drug-likeness (QED) is 0.807. The van der Waals surface area contributed by atoms with Gasteiger partial charge < -0.3 is 10.2 Å². The number of nitrogens with zero attached hydrogens (tertiary/aromatic N) is 2. The minimum atomic E-state index is 0.741. The SMILES string of the molecule is CCN(CC)C1CNCCC1CN(C)C1CCCCC1. The van der Waals surface area contributed by atoms with Gasteiger partial charge in [0.2, 0.25) is 0 Å². The highest BCUT2D eigenvalue weighted by molar-refractivity contribution is 4.88. The number of hydrogen-bond donors (Lipinski definition) is 1. The number of rotatable bonds is 6. The van der Waals surface area contributed by atoms with Gasteiger partial charge in [0.25, 0.3) is 0 Å². The third-order valence-electron chi connectivity index (χ3n) is 5.59. The van der Waals surface area contributed by atoms with Crippen molar-refractivity contribution in [1.82, 2.24) is 15.1 Å². The van der Waals surface area contributed by atoms with Gasteiger partial charge in [0, 0.05) is 25.2 Å². The van der Waals surface area contributed by atoms with Crippen molar-refractivity contribution in [2.75, 3.05) is 39.8 Å². The molecule has 1 heterocycles. The minimum absolute atomic E-state index is 0.741. The summed E-state index contributed by atoms with van der Waals surface area (Å²) in [5.41, 5.74) is 0. The molecule has 1 saturated heterocycles. The summed E-state index contributed by atoms with van der Waals surface area (Å²) in [7, 11) is 2.37. The Morgan fingerprint density at radius 2 is 1.70 bits per heavy atom. The van der Waals surface area contributed by atoms with Crippen molar-refractivity contribution >= 4 is 0 Å². The Bertz CT molecular complexity index is 259. The standard InChI is InChI=1S/C17H35N3/c1-4-20(5-2)17-13-18-12-11-15(17)14-19(3)16-9-7-6-8-10-16/h15-18H,4-14H2,1-3H3. The van der Waals surface area contributed by atoms with E-state index in [-0.39, 0.29) is 0 Å². The van der Waals surface area contributed by atoms with Crippen LogP contribution in [0.4, 0.5) is 0 Å². The third kappa shape index (κ3) is 4.19. The molecule has 2 aliphatic rings. The molecule has 0 aromatic carbocycles. The maximum atomic E-state index is 3.61. The Balaban J connectivity index is 1.90. The molecule has 0 aromatic rings. The summed E-state index contributed by atoms with van der Waals surface area (Å²) in [6.07, 6.45) is 8.55. The first-order valence-corrected chi connectivity index (χ1v) is 8.91. The molecule has 0 aromatic heterocycles. The first-order valence-electron chi connectivity index (χ1n) is 8.91. The second-order valence-electron chi connectivity index (χ2n) is 6.77. The van der Waals surface area contributed by atoms with Crippen molar-refractivity contribution in [1.29, 1.82) is 0 Å². The Hall–Kier alpha value is -0.120. The van der Waals surface area contributed by atoms with Gasteiger partial charge in [0.05, 0.1) is 0 Å². The van der Waals surface area contributed by atoms with E-state index in [0.717, 1.165) is 18.0 Å². The fraction of sp³-hybridized carbons (Fsp3) is 1.00. The van der Waals surface area contributed by atoms with Crippen LogP contribution in [0.15, 0.2) is 0 Å². The molecule has 0 bridgehead atoms. The lowest BCUT2D eigenvalue weighted by atomic mass is 9.88. The molecule has 3 nitrogen and oxygen atoms in total. The summed E-state index contributed by atoms with van der Waals surface area (Å²) in [6.45, 7) is 10.7. The second-order valence-corrected chi connectivity index (χ2v) is 6.77. The van der Waals surface area contributed by atoms with E-state index in [1.54, 1.807) is 0 Å². The fourth-order valence-corrected chi connectivity index (χ4v) is 4.27. The van der Waals surface area contributed by atoms with Crippen LogP contribution in [0.25, 0.3) is 0 Å². The molecule has 1 N–H and O–H groups in total. The summed E-state index contributed by atoms with van der Waals surface area (Å²) in [5.74, 6) is 0.850. The van der Waals surface area contributed by atoms with Crippen molar-refractivity contribution in [3.05, 3.63) is 0 Å². The topological polar surface area (TPSA) is 18.5 Å². The van der Waals surface area contributed by atoms with E-state index in [1.807, 2.05) is 0 Å². The third-order valence-corrected chi connectivity index (χ3v) is 5.59. The van der Waals surface area contributed by atoms with Crippen LogP contribution in [0.3, 0.4) is 0 Å². The first kappa shape index (κ1) is 16.3. The summed E-state index contributed by atoms with van der Waals surface area (Å²) < 4.78 is 0. The predicted octanol–water partition coefficient (Wildman–Crippen LogP) is 2.57. The van der Waals surface area contributed by atoms with Gasteiger partial charge in [-0.1, -0.05) is 33.1 Å². The summed E-state index contributed by atoms with van der Waals surface area (Å²) in [5, 5.41) is 3.61. The molecule has 3 heteroatoms. The predicted molar refractivity (Wildman–Crippen MR) is 87.2 cm³/mol. The van der Waals surface area contributed by atoms with Gasteiger partial charge >= 0.3 is 0 Å². The summed E-state index contributed by atoms with van der Waals surface area (Å²) in [6, 6.07) is 1.60. The average Bonchev–Trinajstić information content (AvgIpc) is 2.51. The van der Waals surface area contributed by atoms with Crippen LogP contribution in [0.1, 0.15) is 52.4 Å². The Morgan fingerprint density at radius 3 is 2.35 bits per heavy atom. The van der Waals surface area contributed by atoms with Crippen molar-refractivity contribution in [2.24, 2.45) is 5.92 Å². The molecule has 1 aliphatic heterocycles. The molecule has 2 atom stereocenters. The molecule has 0 amide bonds. The molecule has 2 rings (SSSR count). The normalized spacial score (nSPS) is 29.2. The summed E-state index contributed by atoms with van der Waals surface area (Å²) >= 11 is 0. The zero-order chi connectivity index (χ0) is 14.4. The Kier molecular flexibility index (Phi) is 6.79. The molecule has 118 valence electrons. The van der Waals surface area contributed by atoms with Gasteiger partial charge in [-0.3, -0.25) is 4.90 Å². The first-order chi connectivity index (χ1) is 9.76. The minimum Gasteiger partial charge on any atom is -0.315 e. The van der Waals surface area contributed by atoms with E-state index in [9.17, 15) is 0 Å². The Morgan fingerprint density at radius 1 is 1.00 bits per heavy atom. The lowest BCUT2D eigenvalue weighted by Gasteiger charge is -2.42. The van der Waals surface area contributed by atoms with E-state index in [0.29, 0.717) is 0 Å². The highest BCUT2D eigenvalue weighted by Gasteiger charge is 2.31. The van der Waals surface area contributed by atoms with E-state index in [2.05, 4.69) is 36.0 Å². The van der Waals surface area contributed by atoms with Crippen molar-refractivity contribution < 1.29 is 0 Å². The molecule has 0 radical (unpaired) electrons.